The maximum atomic E-state index is 10.2. The van der Waals surface area contributed by atoms with Crippen LogP contribution in [0.25, 0.3) is 5.65 Å². The summed E-state index contributed by atoms with van der Waals surface area (Å²) in [6.45, 7) is 6.01. The molecule has 0 fully saturated rings. The molecule has 1 atom stereocenters. The molecule has 2 heterocycles. The fourth-order valence-corrected chi connectivity index (χ4v) is 2.93. The van der Waals surface area contributed by atoms with E-state index in [1.807, 2.05) is 29.7 Å². The topological polar surface area (TPSA) is 37.5 Å². The Labute approximate surface area is 131 Å². The SMILES string of the molecule is CCc1ccc(Cc2nc3c(C)cccn3c2C(C)O)cc1. The summed E-state index contributed by atoms with van der Waals surface area (Å²) in [5.74, 6) is 0. The van der Waals surface area contributed by atoms with Gasteiger partial charge >= 0.3 is 0 Å². The van der Waals surface area contributed by atoms with Crippen LogP contribution in [0.5, 0.6) is 0 Å². The van der Waals surface area contributed by atoms with Crippen LogP contribution in [0.2, 0.25) is 0 Å². The minimum Gasteiger partial charge on any atom is -0.387 e. The van der Waals surface area contributed by atoms with E-state index in [0.29, 0.717) is 0 Å². The Bertz CT molecular complexity index is 785. The summed E-state index contributed by atoms with van der Waals surface area (Å²) in [6.07, 6.45) is 3.22. The van der Waals surface area contributed by atoms with Crippen LogP contribution in [0.4, 0.5) is 0 Å². The zero-order chi connectivity index (χ0) is 15.7. The molecule has 0 spiro atoms. The molecule has 0 radical (unpaired) electrons. The van der Waals surface area contributed by atoms with Gasteiger partial charge in [0.15, 0.2) is 0 Å². The first-order valence-electron chi connectivity index (χ1n) is 7.82. The van der Waals surface area contributed by atoms with Crippen LogP contribution >= 0.6 is 0 Å². The molecule has 0 aliphatic carbocycles. The Morgan fingerprint density at radius 3 is 2.45 bits per heavy atom. The van der Waals surface area contributed by atoms with E-state index >= 15 is 0 Å². The van der Waals surface area contributed by atoms with Gasteiger partial charge in [0.2, 0.25) is 0 Å². The fourth-order valence-electron chi connectivity index (χ4n) is 2.93. The van der Waals surface area contributed by atoms with Crippen molar-refractivity contribution in [2.75, 3.05) is 0 Å². The van der Waals surface area contributed by atoms with E-state index in [4.69, 9.17) is 4.98 Å². The lowest BCUT2D eigenvalue weighted by atomic mass is 10.0. The maximum absolute atomic E-state index is 10.2. The molecule has 3 nitrogen and oxygen atoms in total. The van der Waals surface area contributed by atoms with Crippen molar-refractivity contribution in [3.05, 3.63) is 70.7 Å². The van der Waals surface area contributed by atoms with E-state index in [2.05, 4.69) is 31.2 Å². The smallest absolute Gasteiger partial charge is 0.140 e. The van der Waals surface area contributed by atoms with E-state index in [9.17, 15) is 5.11 Å². The number of hydrogen-bond acceptors (Lipinski definition) is 2. The third kappa shape index (κ3) is 2.64. The number of aliphatic hydroxyl groups is 1. The highest BCUT2D eigenvalue weighted by atomic mass is 16.3. The van der Waals surface area contributed by atoms with Gasteiger partial charge in [0.1, 0.15) is 5.65 Å². The molecule has 0 aliphatic heterocycles. The number of rotatable bonds is 4. The standard InChI is InChI=1S/C19H22N2O/c1-4-15-7-9-16(10-8-15)12-17-18(14(3)22)21-11-5-6-13(2)19(21)20-17/h5-11,14,22H,4,12H2,1-3H3. The van der Waals surface area contributed by atoms with Crippen molar-refractivity contribution in [1.82, 2.24) is 9.38 Å². The molecule has 0 saturated heterocycles. The van der Waals surface area contributed by atoms with Crippen molar-refractivity contribution in [3.63, 3.8) is 0 Å². The van der Waals surface area contributed by atoms with Crippen molar-refractivity contribution in [1.29, 1.82) is 0 Å². The van der Waals surface area contributed by atoms with Crippen molar-refractivity contribution in [2.45, 2.75) is 39.7 Å². The van der Waals surface area contributed by atoms with E-state index in [-0.39, 0.29) is 0 Å². The molecule has 0 bridgehead atoms. The number of imidazole rings is 1. The summed E-state index contributed by atoms with van der Waals surface area (Å²) >= 11 is 0. The second-order valence-electron chi connectivity index (χ2n) is 5.85. The molecule has 0 saturated carbocycles. The minimum atomic E-state index is -0.540. The van der Waals surface area contributed by atoms with Crippen LogP contribution in [0.1, 0.15) is 48.0 Å². The van der Waals surface area contributed by atoms with Crippen LogP contribution in [0.3, 0.4) is 0 Å². The molecule has 3 aromatic rings. The lowest BCUT2D eigenvalue weighted by molar-refractivity contribution is 0.192. The van der Waals surface area contributed by atoms with E-state index in [1.165, 1.54) is 11.1 Å². The summed E-state index contributed by atoms with van der Waals surface area (Å²) in [6, 6.07) is 12.7. The molecule has 1 unspecified atom stereocenters. The Balaban J connectivity index is 2.05. The number of hydrogen-bond donors (Lipinski definition) is 1. The molecular weight excluding hydrogens is 272 g/mol. The molecule has 1 aromatic carbocycles. The number of aryl methyl sites for hydroxylation is 2. The maximum Gasteiger partial charge on any atom is 0.140 e. The molecular formula is C19H22N2O. The van der Waals surface area contributed by atoms with Gasteiger partial charge in [-0.3, -0.25) is 0 Å². The Hall–Kier alpha value is -2.13. The number of fused-ring (bicyclic) bond motifs is 1. The third-order valence-electron chi connectivity index (χ3n) is 4.16. The molecule has 2 aromatic heterocycles. The molecule has 3 rings (SSSR count). The van der Waals surface area contributed by atoms with Gasteiger partial charge in [0.25, 0.3) is 0 Å². The van der Waals surface area contributed by atoms with Crippen molar-refractivity contribution < 1.29 is 5.11 Å². The molecule has 22 heavy (non-hydrogen) atoms. The lowest BCUT2D eigenvalue weighted by Gasteiger charge is -2.08. The van der Waals surface area contributed by atoms with Crippen LogP contribution in [0, 0.1) is 6.92 Å². The Morgan fingerprint density at radius 1 is 1.14 bits per heavy atom. The molecule has 1 N–H and O–H groups in total. The lowest BCUT2D eigenvalue weighted by Crippen LogP contribution is -2.02. The average Bonchev–Trinajstić information content (AvgIpc) is 2.87. The fraction of sp³-hybridized carbons (Fsp3) is 0.316. The molecule has 0 aliphatic rings. The Morgan fingerprint density at radius 2 is 1.82 bits per heavy atom. The van der Waals surface area contributed by atoms with Crippen molar-refractivity contribution >= 4 is 5.65 Å². The third-order valence-corrected chi connectivity index (χ3v) is 4.16. The second kappa shape index (κ2) is 5.93. The van der Waals surface area contributed by atoms with Gasteiger partial charge < -0.3 is 9.51 Å². The van der Waals surface area contributed by atoms with Crippen LogP contribution < -0.4 is 0 Å². The first-order chi connectivity index (χ1) is 10.6. The molecule has 0 amide bonds. The van der Waals surface area contributed by atoms with Gasteiger partial charge in [0.05, 0.1) is 17.5 Å². The zero-order valence-electron chi connectivity index (χ0n) is 13.4. The highest BCUT2D eigenvalue weighted by Crippen LogP contribution is 2.24. The zero-order valence-corrected chi connectivity index (χ0v) is 13.4. The van der Waals surface area contributed by atoms with Gasteiger partial charge in [0, 0.05) is 12.6 Å². The van der Waals surface area contributed by atoms with Crippen molar-refractivity contribution in [3.8, 4) is 0 Å². The number of nitrogens with zero attached hydrogens (tertiary/aromatic N) is 2. The van der Waals surface area contributed by atoms with Gasteiger partial charge in [-0.2, -0.15) is 0 Å². The largest absolute Gasteiger partial charge is 0.387 e. The summed E-state index contributed by atoms with van der Waals surface area (Å²) in [7, 11) is 0. The predicted molar refractivity (Wildman–Crippen MR) is 89.2 cm³/mol. The van der Waals surface area contributed by atoms with E-state index < -0.39 is 6.10 Å². The van der Waals surface area contributed by atoms with Crippen LogP contribution in [-0.2, 0) is 12.8 Å². The van der Waals surface area contributed by atoms with E-state index in [1.54, 1.807) is 6.92 Å². The first kappa shape index (κ1) is 14.8. The monoisotopic (exact) mass is 294 g/mol. The summed E-state index contributed by atoms with van der Waals surface area (Å²) < 4.78 is 2.01. The highest BCUT2D eigenvalue weighted by molar-refractivity contribution is 5.51. The predicted octanol–water partition coefficient (Wildman–Crippen LogP) is 3.85. The number of aromatic nitrogens is 2. The number of pyridine rings is 1. The van der Waals surface area contributed by atoms with Gasteiger partial charge in [-0.15, -0.1) is 0 Å². The minimum absolute atomic E-state index is 0.540. The molecule has 114 valence electrons. The summed E-state index contributed by atoms with van der Waals surface area (Å²) in [5, 5.41) is 10.2. The number of aliphatic hydroxyl groups excluding tert-OH is 1. The number of benzene rings is 1. The second-order valence-corrected chi connectivity index (χ2v) is 5.85. The normalized spacial score (nSPS) is 12.7. The quantitative estimate of drug-likeness (QED) is 0.793. The molecule has 3 heteroatoms. The van der Waals surface area contributed by atoms with Gasteiger partial charge in [-0.25, -0.2) is 4.98 Å². The highest BCUT2D eigenvalue weighted by Gasteiger charge is 2.17. The average molecular weight is 294 g/mol. The van der Waals surface area contributed by atoms with Gasteiger partial charge in [-0.05, 0) is 43.0 Å². The summed E-state index contributed by atoms with van der Waals surface area (Å²) in [4.78, 5) is 4.77. The Kier molecular flexibility index (Phi) is 3.99. The van der Waals surface area contributed by atoms with Crippen LogP contribution in [-0.4, -0.2) is 14.5 Å². The first-order valence-corrected chi connectivity index (χ1v) is 7.82. The summed E-state index contributed by atoms with van der Waals surface area (Å²) in [5.41, 5.74) is 6.45. The van der Waals surface area contributed by atoms with Crippen LogP contribution in [0.15, 0.2) is 42.6 Å². The van der Waals surface area contributed by atoms with E-state index in [0.717, 1.165) is 35.4 Å². The van der Waals surface area contributed by atoms with Gasteiger partial charge in [-0.1, -0.05) is 37.3 Å². The van der Waals surface area contributed by atoms with Crippen molar-refractivity contribution in [2.24, 2.45) is 0 Å².